The first-order valence-corrected chi connectivity index (χ1v) is 6.98. The Morgan fingerprint density at radius 1 is 1.05 bits per heavy atom. The maximum atomic E-state index is 11.9. The molecule has 2 aromatic carbocycles. The maximum absolute atomic E-state index is 11.9. The quantitative estimate of drug-likeness (QED) is 0.845. The number of carbonyl (C=O) groups is 1. The van der Waals surface area contributed by atoms with Gasteiger partial charge in [-0.15, -0.1) is 0 Å². The number of hydrogen-bond acceptors (Lipinski definition) is 2. The van der Waals surface area contributed by atoms with E-state index >= 15 is 0 Å². The van der Waals surface area contributed by atoms with Crippen LogP contribution in [0.5, 0.6) is 0 Å². The lowest BCUT2D eigenvalue weighted by Gasteiger charge is -2.15. The first-order valence-electron chi connectivity index (χ1n) is 6.61. The fourth-order valence-corrected chi connectivity index (χ4v) is 2.29. The molecule has 1 amide bonds. The molecule has 0 saturated heterocycles. The Labute approximate surface area is 127 Å². The highest BCUT2D eigenvalue weighted by Crippen LogP contribution is 2.19. The number of amides is 1. The van der Waals surface area contributed by atoms with E-state index in [0.29, 0.717) is 17.0 Å². The third-order valence-corrected chi connectivity index (χ3v) is 3.51. The molecule has 104 valence electrons. The van der Waals surface area contributed by atoms with Crippen molar-refractivity contribution in [2.45, 2.75) is 6.42 Å². The molecule has 2 aromatic rings. The number of carbonyl (C=O) groups excluding carboxylic acids is 1. The second kappa shape index (κ2) is 5.94. The standard InChI is InChI=1S/C17H13ClN2O/c18-15-8-6-13(7-9-15)16-11-14(17(21)20-19-16)10-12-4-2-1-3-5-12/h1-10H,11H2,(H,20,21)/b14-10-. The number of nitrogens with zero attached hydrogens (tertiary/aromatic N) is 1. The molecule has 0 fully saturated rings. The summed E-state index contributed by atoms with van der Waals surface area (Å²) < 4.78 is 0. The largest absolute Gasteiger partial charge is 0.268 e. The van der Waals surface area contributed by atoms with Gasteiger partial charge in [0.1, 0.15) is 0 Å². The Kier molecular flexibility index (Phi) is 3.84. The number of hydrogen-bond donors (Lipinski definition) is 1. The third kappa shape index (κ3) is 3.20. The van der Waals surface area contributed by atoms with Gasteiger partial charge in [0.25, 0.3) is 5.91 Å². The summed E-state index contributed by atoms with van der Waals surface area (Å²) in [6.07, 6.45) is 2.39. The second-order valence-electron chi connectivity index (χ2n) is 4.76. The summed E-state index contributed by atoms with van der Waals surface area (Å²) in [5.41, 5.74) is 6.04. The summed E-state index contributed by atoms with van der Waals surface area (Å²) in [6.45, 7) is 0. The SMILES string of the molecule is O=C1NN=C(c2ccc(Cl)cc2)C/C1=C/c1ccccc1. The van der Waals surface area contributed by atoms with E-state index in [-0.39, 0.29) is 5.91 Å². The fraction of sp³-hybridized carbons (Fsp3) is 0.0588. The highest BCUT2D eigenvalue weighted by molar-refractivity contribution is 6.30. The van der Waals surface area contributed by atoms with Crippen LogP contribution in [-0.2, 0) is 4.79 Å². The van der Waals surface area contributed by atoms with Crippen LogP contribution in [0.1, 0.15) is 17.5 Å². The maximum Gasteiger partial charge on any atom is 0.267 e. The highest BCUT2D eigenvalue weighted by Gasteiger charge is 2.19. The molecule has 0 aromatic heterocycles. The van der Waals surface area contributed by atoms with Gasteiger partial charge in [-0.2, -0.15) is 5.10 Å². The van der Waals surface area contributed by atoms with E-state index in [9.17, 15) is 4.79 Å². The number of nitrogens with one attached hydrogen (secondary N) is 1. The van der Waals surface area contributed by atoms with Gasteiger partial charge in [0.15, 0.2) is 0 Å². The van der Waals surface area contributed by atoms with Gasteiger partial charge in [0, 0.05) is 17.0 Å². The molecule has 0 unspecified atom stereocenters. The van der Waals surface area contributed by atoms with Crippen LogP contribution in [0, 0.1) is 0 Å². The Hall–Kier alpha value is -2.39. The summed E-state index contributed by atoms with van der Waals surface area (Å²) in [6, 6.07) is 17.2. The lowest BCUT2D eigenvalue weighted by Crippen LogP contribution is -2.28. The zero-order chi connectivity index (χ0) is 14.7. The molecule has 0 radical (unpaired) electrons. The van der Waals surface area contributed by atoms with Crippen molar-refractivity contribution in [3.8, 4) is 0 Å². The van der Waals surface area contributed by atoms with Gasteiger partial charge in [0.05, 0.1) is 5.71 Å². The number of halogens is 1. The molecule has 1 N–H and O–H groups in total. The van der Waals surface area contributed by atoms with Crippen molar-refractivity contribution in [1.82, 2.24) is 5.43 Å². The zero-order valence-corrected chi connectivity index (χ0v) is 12.0. The molecule has 21 heavy (non-hydrogen) atoms. The minimum Gasteiger partial charge on any atom is -0.268 e. The molecule has 3 nitrogen and oxygen atoms in total. The normalized spacial score (nSPS) is 16.5. The van der Waals surface area contributed by atoms with Crippen LogP contribution in [0.25, 0.3) is 6.08 Å². The first-order chi connectivity index (χ1) is 10.2. The lowest BCUT2D eigenvalue weighted by atomic mass is 9.99. The molecule has 3 rings (SSSR count). The molecule has 0 bridgehead atoms. The number of benzene rings is 2. The smallest absolute Gasteiger partial charge is 0.267 e. The fourth-order valence-electron chi connectivity index (χ4n) is 2.17. The summed E-state index contributed by atoms with van der Waals surface area (Å²) in [5, 5.41) is 4.82. The van der Waals surface area contributed by atoms with Gasteiger partial charge in [0.2, 0.25) is 0 Å². The van der Waals surface area contributed by atoms with E-state index in [1.54, 1.807) is 0 Å². The van der Waals surface area contributed by atoms with Crippen molar-refractivity contribution in [3.63, 3.8) is 0 Å². The van der Waals surface area contributed by atoms with E-state index in [1.165, 1.54) is 0 Å². The monoisotopic (exact) mass is 296 g/mol. The molecule has 1 aliphatic heterocycles. The molecular formula is C17H13ClN2O. The zero-order valence-electron chi connectivity index (χ0n) is 11.2. The molecule has 0 spiro atoms. The number of rotatable bonds is 2. The molecule has 0 saturated carbocycles. The molecule has 1 aliphatic rings. The molecule has 1 heterocycles. The van der Waals surface area contributed by atoms with Crippen LogP contribution in [0.2, 0.25) is 5.02 Å². The highest BCUT2D eigenvalue weighted by atomic mass is 35.5. The van der Waals surface area contributed by atoms with E-state index in [1.807, 2.05) is 60.7 Å². The van der Waals surface area contributed by atoms with Crippen molar-refractivity contribution in [2.24, 2.45) is 5.10 Å². The average Bonchev–Trinajstić information content (AvgIpc) is 2.51. The third-order valence-electron chi connectivity index (χ3n) is 3.26. The molecule has 0 atom stereocenters. The summed E-state index contributed by atoms with van der Waals surface area (Å²) in [7, 11) is 0. The van der Waals surface area contributed by atoms with Gasteiger partial charge in [-0.25, -0.2) is 5.43 Å². The molecular weight excluding hydrogens is 284 g/mol. The predicted molar refractivity (Wildman–Crippen MR) is 85.2 cm³/mol. The van der Waals surface area contributed by atoms with E-state index < -0.39 is 0 Å². The van der Waals surface area contributed by atoms with Crippen LogP contribution in [0.15, 0.2) is 65.3 Å². The van der Waals surface area contributed by atoms with E-state index in [4.69, 9.17) is 11.6 Å². The summed E-state index contributed by atoms with van der Waals surface area (Å²) in [4.78, 5) is 11.9. The van der Waals surface area contributed by atoms with Crippen molar-refractivity contribution in [2.75, 3.05) is 0 Å². The van der Waals surface area contributed by atoms with E-state index in [0.717, 1.165) is 16.8 Å². The van der Waals surface area contributed by atoms with Crippen molar-refractivity contribution >= 4 is 29.3 Å². The van der Waals surface area contributed by atoms with Gasteiger partial charge in [-0.1, -0.05) is 54.1 Å². The van der Waals surface area contributed by atoms with Gasteiger partial charge in [-0.3, -0.25) is 4.79 Å². The van der Waals surface area contributed by atoms with Crippen LogP contribution in [0.4, 0.5) is 0 Å². The van der Waals surface area contributed by atoms with Crippen LogP contribution < -0.4 is 5.43 Å². The first kappa shape index (κ1) is 13.6. The lowest BCUT2D eigenvalue weighted by molar-refractivity contribution is -0.117. The van der Waals surface area contributed by atoms with E-state index in [2.05, 4.69) is 10.5 Å². The number of hydrazone groups is 1. The average molecular weight is 297 g/mol. The predicted octanol–water partition coefficient (Wildman–Crippen LogP) is 3.65. The Balaban J connectivity index is 1.89. The van der Waals surface area contributed by atoms with Crippen LogP contribution >= 0.6 is 11.6 Å². The molecule has 0 aliphatic carbocycles. The molecule has 4 heteroatoms. The topological polar surface area (TPSA) is 41.5 Å². The van der Waals surface area contributed by atoms with Crippen molar-refractivity contribution < 1.29 is 4.79 Å². The Morgan fingerprint density at radius 3 is 2.48 bits per heavy atom. The Morgan fingerprint density at radius 2 is 1.76 bits per heavy atom. The van der Waals surface area contributed by atoms with Crippen LogP contribution in [-0.4, -0.2) is 11.6 Å². The van der Waals surface area contributed by atoms with Gasteiger partial charge >= 0.3 is 0 Å². The minimum absolute atomic E-state index is 0.156. The summed E-state index contributed by atoms with van der Waals surface area (Å²) >= 11 is 5.89. The van der Waals surface area contributed by atoms with Crippen molar-refractivity contribution in [3.05, 3.63) is 76.3 Å². The van der Waals surface area contributed by atoms with Gasteiger partial charge in [-0.05, 0) is 29.3 Å². The minimum atomic E-state index is -0.156. The second-order valence-corrected chi connectivity index (χ2v) is 5.20. The van der Waals surface area contributed by atoms with Crippen molar-refractivity contribution in [1.29, 1.82) is 0 Å². The van der Waals surface area contributed by atoms with Crippen LogP contribution in [0.3, 0.4) is 0 Å². The van der Waals surface area contributed by atoms with Gasteiger partial charge < -0.3 is 0 Å². The Bertz CT molecular complexity index is 718. The summed E-state index contributed by atoms with van der Waals surface area (Å²) in [5.74, 6) is -0.156.